The molecule has 0 heterocycles. The van der Waals surface area contributed by atoms with E-state index in [-0.39, 0.29) is 0 Å². The Bertz CT molecular complexity index is 214. The molecule has 1 aliphatic rings. The van der Waals surface area contributed by atoms with Gasteiger partial charge in [0.15, 0.2) is 0 Å². The Hall–Kier alpha value is -0.500. The summed E-state index contributed by atoms with van der Waals surface area (Å²) < 4.78 is 11.2. The first kappa shape index (κ1) is 22.8. The number of unbranched alkanes of at least 4 members (excludes halogenated alkanes) is 1. The minimum Gasteiger partial charge on any atom is -0.496 e. The second-order valence-corrected chi connectivity index (χ2v) is 5.39. The summed E-state index contributed by atoms with van der Waals surface area (Å²) in [6.07, 6.45) is 7.66. The zero-order valence-electron chi connectivity index (χ0n) is 15.5. The van der Waals surface area contributed by atoms with Gasteiger partial charge < -0.3 is 9.47 Å². The maximum Gasteiger partial charge on any atom is 0.114 e. The Kier molecular flexibility index (Phi) is 19.0. The highest BCUT2D eigenvalue weighted by atomic mass is 16.5. The van der Waals surface area contributed by atoms with Crippen molar-refractivity contribution >= 4 is 0 Å². The van der Waals surface area contributed by atoms with E-state index in [9.17, 15) is 0 Å². The van der Waals surface area contributed by atoms with Gasteiger partial charge >= 0.3 is 0 Å². The summed E-state index contributed by atoms with van der Waals surface area (Å²) in [6.45, 7) is 18.6. The molecule has 0 bridgehead atoms. The maximum atomic E-state index is 5.69. The Morgan fingerprint density at radius 1 is 1.14 bits per heavy atom. The minimum atomic E-state index is 0.558. The average molecular weight is 301 g/mol. The molecule has 2 unspecified atom stereocenters. The predicted octanol–water partition coefficient (Wildman–Crippen LogP) is 6.21. The molecular weight excluding hydrogens is 260 g/mol. The fourth-order valence-corrected chi connectivity index (χ4v) is 2.42. The normalized spacial score (nSPS) is 20.5. The molecule has 0 radical (unpaired) electrons. The quantitative estimate of drug-likeness (QED) is 0.392. The van der Waals surface area contributed by atoms with Crippen LogP contribution in [0.5, 0.6) is 0 Å². The standard InChI is InChI=1S/C15H28O2.2C2H6/c1-4-5-9-16-11-14(3)17-12-15-8-6-7-13(2)10-15;2*1-2/h13,15H,3-12H2,1-2H3;2*1-2H3. The Morgan fingerprint density at radius 2 is 1.81 bits per heavy atom. The van der Waals surface area contributed by atoms with E-state index in [4.69, 9.17) is 9.47 Å². The molecule has 0 N–H and O–H groups in total. The van der Waals surface area contributed by atoms with Crippen molar-refractivity contribution < 1.29 is 9.47 Å². The number of rotatable bonds is 8. The molecule has 2 nitrogen and oxygen atoms in total. The van der Waals surface area contributed by atoms with Gasteiger partial charge in [0.25, 0.3) is 0 Å². The molecule has 0 aromatic heterocycles. The van der Waals surface area contributed by atoms with E-state index >= 15 is 0 Å². The van der Waals surface area contributed by atoms with E-state index in [1.54, 1.807) is 0 Å². The molecule has 0 aliphatic heterocycles. The van der Waals surface area contributed by atoms with Crippen molar-refractivity contribution in [2.45, 2.75) is 80.1 Å². The van der Waals surface area contributed by atoms with Crippen LogP contribution in [-0.2, 0) is 9.47 Å². The van der Waals surface area contributed by atoms with Crippen LogP contribution in [0.15, 0.2) is 12.3 Å². The second kappa shape index (κ2) is 17.6. The third-order valence-corrected chi connectivity index (χ3v) is 3.47. The summed E-state index contributed by atoms with van der Waals surface area (Å²) in [6, 6.07) is 0. The molecule has 0 saturated heterocycles. The molecule has 21 heavy (non-hydrogen) atoms. The fraction of sp³-hybridized carbons (Fsp3) is 0.895. The Morgan fingerprint density at radius 3 is 2.38 bits per heavy atom. The summed E-state index contributed by atoms with van der Waals surface area (Å²) in [5.41, 5.74) is 0. The molecule has 128 valence electrons. The van der Waals surface area contributed by atoms with Gasteiger partial charge in [-0.2, -0.15) is 0 Å². The van der Waals surface area contributed by atoms with Crippen molar-refractivity contribution in [2.75, 3.05) is 19.8 Å². The van der Waals surface area contributed by atoms with Gasteiger partial charge in [0, 0.05) is 6.61 Å². The molecule has 0 aromatic rings. The zero-order valence-corrected chi connectivity index (χ0v) is 15.5. The summed E-state index contributed by atoms with van der Waals surface area (Å²) in [4.78, 5) is 0. The van der Waals surface area contributed by atoms with Crippen molar-refractivity contribution in [1.82, 2.24) is 0 Å². The molecular formula is C19H40O2. The minimum absolute atomic E-state index is 0.558. The van der Waals surface area contributed by atoms with E-state index in [1.165, 1.54) is 32.1 Å². The molecule has 0 aromatic carbocycles. The van der Waals surface area contributed by atoms with Crippen molar-refractivity contribution in [3.05, 3.63) is 12.3 Å². The van der Waals surface area contributed by atoms with Crippen LogP contribution in [0.1, 0.15) is 80.1 Å². The van der Waals surface area contributed by atoms with Gasteiger partial charge in [0.1, 0.15) is 12.4 Å². The van der Waals surface area contributed by atoms with Gasteiger partial charge in [-0.1, -0.05) is 67.4 Å². The summed E-state index contributed by atoms with van der Waals surface area (Å²) in [7, 11) is 0. The first-order chi connectivity index (χ1) is 10.2. The molecule has 2 atom stereocenters. The van der Waals surface area contributed by atoms with E-state index in [0.29, 0.717) is 6.61 Å². The maximum absolute atomic E-state index is 5.69. The SMILES string of the molecule is C=C(COCCCC)OCC1CCCC(C)C1.CC.CC. The van der Waals surface area contributed by atoms with E-state index in [0.717, 1.165) is 37.2 Å². The average Bonchev–Trinajstić information content (AvgIpc) is 2.53. The van der Waals surface area contributed by atoms with E-state index in [1.807, 2.05) is 27.7 Å². The Labute approximate surface area is 134 Å². The van der Waals surface area contributed by atoms with Gasteiger partial charge in [-0.3, -0.25) is 0 Å². The van der Waals surface area contributed by atoms with Gasteiger partial charge in [-0.15, -0.1) is 0 Å². The van der Waals surface area contributed by atoms with Crippen molar-refractivity contribution in [1.29, 1.82) is 0 Å². The van der Waals surface area contributed by atoms with Crippen molar-refractivity contribution in [2.24, 2.45) is 11.8 Å². The predicted molar refractivity (Wildman–Crippen MR) is 94.6 cm³/mol. The largest absolute Gasteiger partial charge is 0.496 e. The number of ether oxygens (including phenoxy) is 2. The van der Waals surface area contributed by atoms with Gasteiger partial charge in [0.05, 0.1) is 6.61 Å². The van der Waals surface area contributed by atoms with Gasteiger partial charge in [-0.05, 0) is 31.1 Å². The number of hydrogen-bond donors (Lipinski definition) is 0. The second-order valence-electron chi connectivity index (χ2n) is 5.39. The lowest BCUT2D eigenvalue weighted by Crippen LogP contribution is -2.18. The molecule has 0 amide bonds. The van der Waals surface area contributed by atoms with Crippen LogP contribution in [0.3, 0.4) is 0 Å². The molecule has 2 heteroatoms. The van der Waals surface area contributed by atoms with Crippen LogP contribution in [0.25, 0.3) is 0 Å². The zero-order chi connectivity index (χ0) is 16.5. The van der Waals surface area contributed by atoms with E-state index in [2.05, 4.69) is 20.4 Å². The van der Waals surface area contributed by atoms with Crippen LogP contribution in [0, 0.1) is 11.8 Å². The highest BCUT2D eigenvalue weighted by molar-refractivity contribution is 4.83. The smallest absolute Gasteiger partial charge is 0.114 e. The highest BCUT2D eigenvalue weighted by Gasteiger charge is 2.19. The van der Waals surface area contributed by atoms with Crippen LogP contribution in [-0.4, -0.2) is 19.8 Å². The Balaban J connectivity index is 0. The highest BCUT2D eigenvalue weighted by Crippen LogP contribution is 2.28. The summed E-state index contributed by atoms with van der Waals surface area (Å²) >= 11 is 0. The lowest BCUT2D eigenvalue weighted by atomic mass is 9.83. The number of hydrogen-bond acceptors (Lipinski definition) is 2. The molecule has 0 spiro atoms. The van der Waals surface area contributed by atoms with Crippen LogP contribution in [0.2, 0.25) is 0 Å². The van der Waals surface area contributed by atoms with Crippen LogP contribution < -0.4 is 0 Å². The van der Waals surface area contributed by atoms with E-state index < -0.39 is 0 Å². The van der Waals surface area contributed by atoms with Gasteiger partial charge in [-0.25, -0.2) is 0 Å². The first-order valence-electron chi connectivity index (χ1n) is 9.10. The van der Waals surface area contributed by atoms with Crippen molar-refractivity contribution in [3.8, 4) is 0 Å². The lowest BCUT2D eigenvalue weighted by molar-refractivity contribution is 0.0724. The third-order valence-electron chi connectivity index (χ3n) is 3.47. The third kappa shape index (κ3) is 14.2. The lowest BCUT2D eigenvalue weighted by Gasteiger charge is -2.26. The molecule has 1 rings (SSSR count). The fourth-order valence-electron chi connectivity index (χ4n) is 2.42. The van der Waals surface area contributed by atoms with Crippen LogP contribution >= 0.6 is 0 Å². The van der Waals surface area contributed by atoms with Crippen LogP contribution in [0.4, 0.5) is 0 Å². The molecule has 1 saturated carbocycles. The topological polar surface area (TPSA) is 18.5 Å². The summed E-state index contributed by atoms with van der Waals surface area (Å²) in [5.74, 6) is 2.39. The van der Waals surface area contributed by atoms with Gasteiger partial charge in [0.2, 0.25) is 0 Å². The summed E-state index contributed by atoms with van der Waals surface area (Å²) in [5, 5.41) is 0. The molecule has 1 fully saturated rings. The first-order valence-corrected chi connectivity index (χ1v) is 9.10. The molecule has 1 aliphatic carbocycles. The monoisotopic (exact) mass is 300 g/mol. The van der Waals surface area contributed by atoms with Crippen molar-refractivity contribution in [3.63, 3.8) is 0 Å².